The number of carbonyl (C=O) groups excluding carboxylic acids is 2. The van der Waals surface area contributed by atoms with Crippen LogP contribution in [0.5, 0.6) is 0 Å². The Labute approximate surface area is 82.5 Å². The number of primary amides is 1. The minimum atomic E-state index is -0.761. The maximum atomic E-state index is 11.7. The number of hydrogen-bond acceptors (Lipinski definition) is 2. The summed E-state index contributed by atoms with van der Waals surface area (Å²) in [6.07, 6.45) is 6.09. The predicted octanol–water partition coefficient (Wildman–Crippen LogP) is 0.784. The molecule has 0 aromatic rings. The van der Waals surface area contributed by atoms with Gasteiger partial charge < -0.3 is 5.73 Å². The van der Waals surface area contributed by atoms with Crippen molar-refractivity contribution in [2.75, 3.05) is 0 Å². The van der Waals surface area contributed by atoms with Crippen molar-refractivity contribution in [1.82, 2.24) is 5.32 Å². The number of carbonyl (C=O) groups is 2. The molecule has 3 amide bonds. The number of rotatable bonds is 1. The summed E-state index contributed by atoms with van der Waals surface area (Å²) in [5.74, 6) is 0.539. The Morgan fingerprint density at radius 1 is 1.50 bits per heavy atom. The molecule has 1 saturated carbocycles. The van der Waals surface area contributed by atoms with Crippen LogP contribution >= 0.6 is 0 Å². The van der Waals surface area contributed by atoms with Gasteiger partial charge in [-0.2, -0.15) is 0 Å². The molecule has 76 valence electrons. The Balaban J connectivity index is 2.14. The van der Waals surface area contributed by atoms with Crippen molar-refractivity contribution in [3.8, 4) is 0 Å². The molecule has 3 N–H and O–H groups in total. The highest BCUT2D eigenvalue weighted by Crippen LogP contribution is 2.51. The smallest absolute Gasteiger partial charge is 0.318 e. The van der Waals surface area contributed by atoms with Crippen LogP contribution in [0.1, 0.15) is 19.8 Å². The molecule has 14 heavy (non-hydrogen) atoms. The van der Waals surface area contributed by atoms with Crippen molar-refractivity contribution in [1.29, 1.82) is 0 Å². The molecule has 0 heterocycles. The fourth-order valence-corrected chi connectivity index (χ4v) is 2.61. The van der Waals surface area contributed by atoms with Gasteiger partial charge in [0, 0.05) is 0 Å². The van der Waals surface area contributed by atoms with Gasteiger partial charge >= 0.3 is 6.03 Å². The zero-order chi connectivity index (χ0) is 10.3. The molecule has 2 aliphatic rings. The first-order valence-electron chi connectivity index (χ1n) is 4.81. The van der Waals surface area contributed by atoms with Crippen molar-refractivity contribution < 1.29 is 9.59 Å². The molecule has 4 heteroatoms. The Kier molecular flexibility index (Phi) is 1.87. The highest BCUT2D eigenvalue weighted by molar-refractivity contribution is 5.97. The molecule has 2 bridgehead atoms. The van der Waals surface area contributed by atoms with E-state index >= 15 is 0 Å². The number of nitrogens with two attached hydrogens (primary N) is 1. The second-order valence-electron chi connectivity index (χ2n) is 4.43. The molecule has 3 atom stereocenters. The van der Waals surface area contributed by atoms with Gasteiger partial charge in [-0.3, -0.25) is 10.1 Å². The van der Waals surface area contributed by atoms with Crippen LogP contribution in [-0.2, 0) is 4.79 Å². The number of allylic oxidation sites excluding steroid dienone is 2. The number of amides is 3. The highest BCUT2D eigenvalue weighted by atomic mass is 16.2. The summed E-state index contributed by atoms with van der Waals surface area (Å²) in [7, 11) is 0. The van der Waals surface area contributed by atoms with E-state index in [9.17, 15) is 9.59 Å². The first-order valence-corrected chi connectivity index (χ1v) is 4.81. The number of imide groups is 1. The second kappa shape index (κ2) is 2.83. The molecular weight excluding hydrogens is 180 g/mol. The first kappa shape index (κ1) is 9.24. The third-order valence-corrected chi connectivity index (χ3v) is 3.43. The monoisotopic (exact) mass is 194 g/mol. The summed E-state index contributed by atoms with van der Waals surface area (Å²) in [4.78, 5) is 22.3. The van der Waals surface area contributed by atoms with Crippen molar-refractivity contribution in [2.45, 2.75) is 19.8 Å². The lowest BCUT2D eigenvalue weighted by Crippen LogP contribution is -2.46. The first-order chi connectivity index (χ1) is 6.52. The van der Waals surface area contributed by atoms with Gasteiger partial charge in [-0.05, 0) is 24.7 Å². The number of urea groups is 1. The zero-order valence-electron chi connectivity index (χ0n) is 8.12. The minimum absolute atomic E-state index is 0.234. The topological polar surface area (TPSA) is 72.2 Å². The Bertz CT molecular complexity index is 324. The lowest BCUT2D eigenvalue weighted by molar-refractivity contribution is -0.130. The molecule has 0 aromatic carbocycles. The van der Waals surface area contributed by atoms with Crippen LogP contribution in [-0.4, -0.2) is 11.9 Å². The molecule has 0 aliphatic heterocycles. The number of nitrogens with one attached hydrogen (secondary N) is 1. The van der Waals surface area contributed by atoms with Gasteiger partial charge in [0.15, 0.2) is 0 Å². The fourth-order valence-electron chi connectivity index (χ4n) is 2.61. The van der Waals surface area contributed by atoms with E-state index < -0.39 is 11.4 Å². The maximum Gasteiger partial charge on any atom is 0.318 e. The van der Waals surface area contributed by atoms with E-state index in [4.69, 9.17) is 5.73 Å². The number of fused-ring (bicyclic) bond motifs is 2. The normalized spacial score (nSPS) is 38.6. The van der Waals surface area contributed by atoms with E-state index in [1.807, 2.05) is 6.92 Å². The predicted molar refractivity (Wildman–Crippen MR) is 51.2 cm³/mol. The van der Waals surface area contributed by atoms with Crippen LogP contribution in [0, 0.1) is 17.3 Å². The minimum Gasteiger partial charge on any atom is -0.351 e. The Hall–Kier alpha value is -1.32. The summed E-state index contributed by atoms with van der Waals surface area (Å²) in [6.45, 7) is 1.90. The fraction of sp³-hybridized carbons (Fsp3) is 0.600. The van der Waals surface area contributed by atoms with E-state index in [-0.39, 0.29) is 11.8 Å². The summed E-state index contributed by atoms with van der Waals surface area (Å²) >= 11 is 0. The molecule has 0 unspecified atom stereocenters. The lowest BCUT2D eigenvalue weighted by Gasteiger charge is -2.28. The SMILES string of the molecule is C[C@@]1(C(=O)NC(N)=O)C[C@@H]2C=C[C@H]1C2. The van der Waals surface area contributed by atoms with Crippen LogP contribution in [0.4, 0.5) is 4.79 Å². The summed E-state index contributed by atoms with van der Waals surface area (Å²) in [5.41, 5.74) is 4.49. The molecule has 4 nitrogen and oxygen atoms in total. The Morgan fingerprint density at radius 2 is 2.21 bits per heavy atom. The van der Waals surface area contributed by atoms with Crippen molar-refractivity contribution in [2.24, 2.45) is 23.0 Å². The van der Waals surface area contributed by atoms with Gasteiger partial charge in [0.25, 0.3) is 0 Å². The van der Waals surface area contributed by atoms with Crippen molar-refractivity contribution in [3.63, 3.8) is 0 Å². The number of hydrogen-bond donors (Lipinski definition) is 2. The third kappa shape index (κ3) is 1.22. The van der Waals surface area contributed by atoms with Gasteiger partial charge in [-0.1, -0.05) is 19.1 Å². The van der Waals surface area contributed by atoms with Gasteiger partial charge in [-0.15, -0.1) is 0 Å². The quantitative estimate of drug-likeness (QED) is 0.605. The molecular formula is C10H14N2O2. The van der Waals surface area contributed by atoms with Gasteiger partial charge in [-0.25, -0.2) is 4.79 Å². The molecule has 2 rings (SSSR count). The van der Waals surface area contributed by atoms with E-state index in [1.54, 1.807) is 0 Å². The van der Waals surface area contributed by atoms with Gasteiger partial charge in [0.2, 0.25) is 5.91 Å². The van der Waals surface area contributed by atoms with Crippen LogP contribution in [0.3, 0.4) is 0 Å². The summed E-state index contributed by atoms with van der Waals surface area (Å²) in [6, 6.07) is -0.761. The van der Waals surface area contributed by atoms with E-state index in [1.165, 1.54) is 0 Å². The Morgan fingerprint density at radius 3 is 2.64 bits per heavy atom. The van der Waals surface area contributed by atoms with Crippen LogP contribution < -0.4 is 11.1 Å². The van der Waals surface area contributed by atoms with E-state index in [0.717, 1.165) is 12.8 Å². The van der Waals surface area contributed by atoms with Crippen molar-refractivity contribution in [3.05, 3.63) is 12.2 Å². The third-order valence-electron chi connectivity index (χ3n) is 3.43. The zero-order valence-corrected chi connectivity index (χ0v) is 8.12. The summed E-state index contributed by atoms with van der Waals surface area (Å²) in [5, 5.41) is 2.18. The van der Waals surface area contributed by atoms with E-state index in [2.05, 4.69) is 17.5 Å². The molecule has 0 radical (unpaired) electrons. The average Bonchev–Trinajstić information content (AvgIpc) is 2.62. The molecule has 0 spiro atoms. The molecule has 1 fully saturated rings. The standard InChI is InChI=1S/C10H14N2O2/c1-10(8(13)12-9(11)14)5-6-2-3-7(10)4-6/h2-3,6-7H,4-5H2,1H3,(H3,11,12,13,14)/t6-,7+,10-/m1/s1. The van der Waals surface area contributed by atoms with Crippen molar-refractivity contribution >= 4 is 11.9 Å². The second-order valence-corrected chi connectivity index (χ2v) is 4.43. The summed E-state index contributed by atoms with van der Waals surface area (Å²) < 4.78 is 0. The average molecular weight is 194 g/mol. The molecule has 2 aliphatic carbocycles. The van der Waals surface area contributed by atoms with Crippen LogP contribution in [0.2, 0.25) is 0 Å². The molecule has 0 aromatic heterocycles. The molecule has 0 saturated heterocycles. The van der Waals surface area contributed by atoms with Gasteiger partial charge in [0.05, 0.1) is 5.41 Å². The van der Waals surface area contributed by atoms with E-state index in [0.29, 0.717) is 5.92 Å². The van der Waals surface area contributed by atoms with Crippen LogP contribution in [0.25, 0.3) is 0 Å². The highest BCUT2D eigenvalue weighted by Gasteiger charge is 2.50. The lowest BCUT2D eigenvalue weighted by atomic mass is 9.77. The van der Waals surface area contributed by atoms with Crippen LogP contribution in [0.15, 0.2) is 12.2 Å². The van der Waals surface area contributed by atoms with Gasteiger partial charge in [0.1, 0.15) is 0 Å². The maximum absolute atomic E-state index is 11.7. The largest absolute Gasteiger partial charge is 0.351 e.